The maximum Gasteiger partial charge on any atom is 0.234 e. The van der Waals surface area contributed by atoms with Crippen LogP contribution in [0.2, 0.25) is 0 Å². The van der Waals surface area contributed by atoms with Crippen molar-refractivity contribution in [2.75, 3.05) is 26.2 Å². The maximum atomic E-state index is 11.7. The number of nitrogens with zero attached hydrogens (tertiary/aromatic N) is 1. The van der Waals surface area contributed by atoms with Crippen LogP contribution < -0.4 is 10.6 Å². The van der Waals surface area contributed by atoms with Gasteiger partial charge in [0.2, 0.25) is 5.91 Å². The molecule has 0 aromatic rings. The van der Waals surface area contributed by atoms with Crippen molar-refractivity contribution in [1.29, 1.82) is 0 Å². The summed E-state index contributed by atoms with van der Waals surface area (Å²) in [7, 11) is 0. The van der Waals surface area contributed by atoms with Crippen LogP contribution in [0, 0.1) is 0 Å². The Morgan fingerprint density at radius 1 is 1.21 bits per heavy atom. The number of hydrogen-bond donors (Lipinski definition) is 2. The third-order valence-corrected chi connectivity index (χ3v) is 3.87. The molecule has 19 heavy (non-hydrogen) atoms. The van der Waals surface area contributed by atoms with Crippen molar-refractivity contribution in [1.82, 2.24) is 15.5 Å². The van der Waals surface area contributed by atoms with E-state index in [2.05, 4.69) is 36.3 Å². The lowest BCUT2D eigenvalue weighted by molar-refractivity contribution is -0.120. The molecule has 1 fully saturated rings. The van der Waals surface area contributed by atoms with Gasteiger partial charge in [-0.3, -0.25) is 9.69 Å². The summed E-state index contributed by atoms with van der Waals surface area (Å²) in [4.78, 5) is 14.2. The molecule has 2 N–H and O–H groups in total. The number of piperidine rings is 1. The van der Waals surface area contributed by atoms with Crippen molar-refractivity contribution in [2.45, 2.75) is 65.0 Å². The van der Waals surface area contributed by atoms with Gasteiger partial charge >= 0.3 is 0 Å². The molecule has 4 heteroatoms. The molecule has 112 valence electrons. The number of nitrogens with one attached hydrogen (secondary N) is 2. The summed E-state index contributed by atoms with van der Waals surface area (Å²) < 4.78 is 0. The average molecular weight is 269 g/mol. The van der Waals surface area contributed by atoms with E-state index in [4.69, 9.17) is 0 Å². The molecule has 2 atom stereocenters. The van der Waals surface area contributed by atoms with Crippen LogP contribution in [-0.2, 0) is 4.79 Å². The molecular formula is C15H31N3O. The first-order valence-electron chi connectivity index (χ1n) is 7.87. The minimum atomic E-state index is 0.117. The van der Waals surface area contributed by atoms with Gasteiger partial charge < -0.3 is 10.6 Å². The molecule has 1 saturated heterocycles. The quantitative estimate of drug-likeness (QED) is 0.706. The number of carbonyl (C=O) groups excluding carboxylic acids is 1. The smallest absolute Gasteiger partial charge is 0.234 e. The molecule has 1 rings (SSSR count). The minimum Gasteiger partial charge on any atom is -0.353 e. The van der Waals surface area contributed by atoms with Gasteiger partial charge in [-0.15, -0.1) is 0 Å². The van der Waals surface area contributed by atoms with Crippen molar-refractivity contribution >= 4 is 5.91 Å². The van der Waals surface area contributed by atoms with Crippen molar-refractivity contribution in [3.05, 3.63) is 0 Å². The van der Waals surface area contributed by atoms with Crippen LogP contribution in [0.3, 0.4) is 0 Å². The lowest BCUT2D eigenvalue weighted by atomic mass is 10.1. The van der Waals surface area contributed by atoms with Crippen LogP contribution in [0.1, 0.15) is 52.9 Å². The molecule has 0 radical (unpaired) electrons. The van der Waals surface area contributed by atoms with Gasteiger partial charge in [-0.25, -0.2) is 0 Å². The predicted octanol–water partition coefficient (Wildman–Crippen LogP) is 1.76. The van der Waals surface area contributed by atoms with E-state index in [0.717, 1.165) is 19.4 Å². The van der Waals surface area contributed by atoms with Crippen molar-refractivity contribution in [2.24, 2.45) is 0 Å². The third kappa shape index (κ3) is 6.92. The highest BCUT2D eigenvalue weighted by Crippen LogP contribution is 2.11. The van der Waals surface area contributed by atoms with Crippen LogP contribution in [0.5, 0.6) is 0 Å². The van der Waals surface area contributed by atoms with E-state index in [1.807, 2.05) is 0 Å². The third-order valence-electron chi connectivity index (χ3n) is 3.87. The topological polar surface area (TPSA) is 44.4 Å². The lowest BCUT2D eigenvalue weighted by Crippen LogP contribution is -2.46. The summed E-state index contributed by atoms with van der Waals surface area (Å²) in [5.41, 5.74) is 0. The van der Waals surface area contributed by atoms with E-state index < -0.39 is 0 Å². The molecule has 4 nitrogen and oxygen atoms in total. The Morgan fingerprint density at radius 3 is 2.53 bits per heavy atom. The van der Waals surface area contributed by atoms with Gasteiger partial charge in [0.25, 0.3) is 0 Å². The molecular weight excluding hydrogens is 238 g/mol. The van der Waals surface area contributed by atoms with Gasteiger partial charge in [0.15, 0.2) is 0 Å². The first-order chi connectivity index (χ1) is 9.13. The molecule has 0 aliphatic carbocycles. The number of likely N-dealkylation sites (tertiary alicyclic amines) is 1. The zero-order valence-corrected chi connectivity index (χ0v) is 12.9. The van der Waals surface area contributed by atoms with Gasteiger partial charge in [0.1, 0.15) is 0 Å². The molecule has 0 aromatic carbocycles. The van der Waals surface area contributed by atoms with E-state index in [9.17, 15) is 4.79 Å². The molecule has 0 spiro atoms. The van der Waals surface area contributed by atoms with Crippen molar-refractivity contribution in [3.63, 3.8) is 0 Å². The van der Waals surface area contributed by atoms with E-state index in [0.29, 0.717) is 18.6 Å². The fourth-order valence-electron chi connectivity index (χ4n) is 2.71. The van der Waals surface area contributed by atoms with Crippen molar-refractivity contribution in [3.8, 4) is 0 Å². The van der Waals surface area contributed by atoms with Crippen LogP contribution >= 0.6 is 0 Å². The molecule has 1 amide bonds. The number of amides is 1. The van der Waals surface area contributed by atoms with E-state index >= 15 is 0 Å². The summed E-state index contributed by atoms with van der Waals surface area (Å²) in [5.74, 6) is 0.117. The Hall–Kier alpha value is -0.610. The van der Waals surface area contributed by atoms with Gasteiger partial charge in [-0.05, 0) is 46.2 Å². The molecule has 2 unspecified atom stereocenters. The predicted molar refractivity (Wildman–Crippen MR) is 80.3 cm³/mol. The molecule has 1 aliphatic rings. The zero-order valence-electron chi connectivity index (χ0n) is 12.9. The summed E-state index contributed by atoms with van der Waals surface area (Å²) in [5, 5.41) is 6.30. The van der Waals surface area contributed by atoms with E-state index in [1.165, 1.54) is 32.4 Å². The van der Waals surface area contributed by atoms with E-state index in [1.54, 1.807) is 0 Å². The monoisotopic (exact) mass is 269 g/mol. The lowest BCUT2D eigenvalue weighted by Gasteiger charge is -2.32. The molecule has 1 aliphatic heterocycles. The minimum absolute atomic E-state index is 0.117. The zero-order chi connectivity index (χ0) is 14.1. The normalized spacial score (nSPS) is 19.9. The van der Waals surface area contributed by atoms with Gasteiger partial charge in [-0.2, -0.15) is 0 Å². The second kappa shape index (κ2) is 9.32. The summed E-state index contributed by atoms with van der Waals surface area (Å²) >= 11 is 0. The molecule has 1 heterocycles. The van der Waals surface area contributed by atoms with Gasteiger partial charge in [0.05, 0.1) is 6.54 Å². The molecule has 0 saturated carbocycles. The Labute approximate surface area is 118 Å². The Balaban J connectivity index is 2.09. The van der Waals surface area contributed by atoms with Crippen LogP contribution in [0.15, 0.2) is 0 Å². The van der Waals surface area contributed by atoms with Crippen LogP contribution in [-0.4, -0.2) is 49.1 Å². The standard InChI is InChI=1S/C15H31N3O/c1-4-8-13(2)17-15(19)12-16-11-14(3)18-9-6-5-7-10-18/h13-14,16H,4-12H2,1-3H3,(H,17,19). The first-order valence-corrected chi connectivity index (χ1v) is 7.87. The largest absolute Gasteiger partial charge is 0.353 e. The molecule has 0 aromatic heterocycles. The number of hydrogen-bond acceptors (Lipinski definition) is 3. The second-order valence-corrected chi connectivity index (χ2v) is 5.83. The number of rotatable bonds is 8. The highest BCUT2D eigenvalue weighted by atomic mass is 16.1. The SMILES string of the molecule is CCCC(C)NC(=O)CNCC(C)N1CCCCC1. The van der Waals surface area contributed by atoms with Crippen molar-refractivity contribution < 1.29 is 4.79 Å². The van der Waals surface area contributed by atoms with Crippen LogP contribution in [0.25, 0.3) is 0 Å². The van der Waals surface area contributed by atoms with Crippen LogP contribution in [0.4, 0.5) is 0 Å². The highest BCUT2D eigenvalue weighted by Gasteiger charge is 2.16. The van der Waals surface area contributed by atoms with Gasteiger partial charge in [0, 0.05) is 18.6 Å². The first kappa shape index (κ1) is 16.4. The Morgan fingerprint density at radius 2 is 1.89 bits per heavy atom. The number of carbonyl (C=O) groups is 1. The Bertz CT molecular complexity index is 252. The van der Waals surface area contributed by atoms with Gasteiger partial charge in [-0.1, -0.05) is 19.8 Å². The fraction of sp³-hybridized carbons (Fsp3) is 0.933. The van der Waals surface area contributed by atoms with E-state index in [-0.39, 0.29) is 5.91 Å². The fourth-order valence-corrected chi connectivity index (χ4v) is 2.71. The second-order valence-electron chi connectivity index (χ2n) is 5.83. The summed E-state index contributed by atoms with van der Waals surface area (Å²) in [6, 6.07) is 0.819. The summed E-state index contributed by atoms with van der Waals surface area (Å²) in [6.45, 7) is 10.2. The Kier molecular flexibility index (Phi) is 8.07. The molecule has 0 bridgehead atoms. The highest BCUT2D eigenvalue weighted by molar-refractivity contribution is 5.78. The maximum absolute atomic E-state index is 11.7. The summed E-state index contributed by atoms with van der Waals surface area (Å²) in [6.07, 6.45) is 6.17. The average Bonchev–Trinajstić information content (AvgIpc) is 2.39.